The summed E-state index contributed by atoms with van der Waals surface area (Å²) in [5.41, 5.74) is 2.28. The zero-order valence-electron chi connectivity index (χ0n) is 11.1. The van der Waals surface area contributed by atoms with Gasteiger partial charge in [-0.3, -0.25) is 4.79 Å². The fourth-order valence-electron chi connectivity index (χ4n) is 2.52. The van der Waals surface area contributed by atoms with Crippen molar-refractivity contribution in [3.8, 4) is 0 Å². The summed E-state index contributed by atoms with van der Waals surface area (Å²) in [6.07, 6.45) is 0. The quantitative estimate of drug-likeness (QED) is 0.864. The molecule has 2 heterocycles. The Hall–Kier alpha value is -1.88. The molecule has 0 bridgehead atoms. The zero-order chi connectivity index (χ0) is 13.4. The lowest BCUT2D eigenvalue weighted by Gasteiger charge is -2.14. The van der Waals surface area contributed by atoms with Crippen LogP contribution in [0.4, 0.5) is 5.69 Å². The predicted molar refractivity (Wildman–Crippen MR) is 72.9 cm³/mol. The molecule has 1 amide bonds. The number of carbonyl (C=O) groups excluding carboxylic acids is 1. The van der Waals surface area contributed by atoms with Crippen LogP contribution in [0.5, 0.6) is 0 Å². The van der Waals surface area contributed by atoms with Crippen LogP contribution in [0.15, 0.2) is 22.6 Å². The third-order valence-corrected chi connectivity index (χ3v) is 3.62. The monoisotopic (exact) mass is 259 g/mol. The van der Waals surface area contributed by atoms with Crippen molar-refractivity contribution < 1.29 is 9.21 Å². The molecule has 0 spiro atoms. The third kappa shape index (κ3) is 2.33. The van der Waals surface area contributed by atoms with Gasteiger partial charge in [-0.15, -0.1) is 0 Å². The van der Waals surface area contributed by atoms with Crippen LogP contribution in [-0.4, -0.2) is 24.0 Å². The number of oxazole rings is 1. The Kier molecular flexibility index (Phi) is 2.98. The number of hydrogen-bond acceptors (Lipinski definition) is 4. The van der Waals surface area contributed by atoms with E-state index >= 15 is 0 Å². The van der Waals surface area contributed by atoms with Crippen molar-refractivity contribution in [2.24, 2.45) is 11.8 Å². The number of carbonyl (C=O) groups is 1. The normalized spacial score (nSPS) is 22.8. The van der Waals surface area contributed by atoms with Gasteiger partial charge in [0, 0.05) is 19.2 Å². The first-order valence-electron chi connectivity index (χ1n) is 6.52. The molecule has 5 heteroatoms. The van der Waals surface area contributed by atoms with Crippen LogP contribution < -0.4 is 10.6 Å². The van der Waals surface area contributed by atoms with Crippen molar-refractivity contribution in [2.75, 3.05) is 18.4 Å². The maximum Gasteiger partial charge on any atom is 0.229 e. The van der Waals surface area contributed by atoms with E-state index in [1.807, 2.05) is 25.1 Å². The third-order valence-electron chi connectivity index (χ3n) is 3.62. The average Bonchev–Trinajstić information content (AvgIpc) is 2.93. The van der Waals surface area contributed by atoms with E-state index < -0.39 is 0 Å². The number of rotatable bonds is 2. The average molecular weight is 259 g/mol. The fraction of sp³-hybridized carbons (Fsp3) is 0.429. The summed E-state index contributed by atoms with van der Waals surface area (Å²) in [5.74, 6) is 1.11. The van der Waals surface area contributed by atoms with Gasteiger partial charge < -0.3 is 15.1 Å². The lowest BCUT2D eigenvalue weighted by Crippen LogP contribution is -2.27. The van der Waals surface area contributed by atoms with Gasteiger partial charge >= 0.3 is 0 Å². The molecule has 2 N–H and O–H groups in total. The topological polar surface area (TPSA) is 67.2 Å². The molecule has 1 aromatic carbocycles. The number of hydrogen-bond donors (Lipinski definition) is 2. The van der Waals surface area contributed by atoms with Crippen molar-refractivity contribution in [3.63, 3.8) is 0 Å². The van der Waals surface area contributed by atoms with Crippen LogP contribution >= 0.6 is 0 Å². The lowest BCUT2D eigenvalue weighted by atomic mass is 9.97. The van der Waals surface area contributed by atoms with Crippen LogP contribution in [0, 0.1) is 18.8 Å². The number of nitrogens with zero attached hydrogens (tertiary/aromatic N) is 1. The number of aryl methyl sites for hydroxylation is 1. The minimum Gasteiger partial charge on any atom is -0.441 e. The van der Waals surface area contributed by atoms with Gasteiger partial charge in [0.15, 0.2) is 11.5 Å². The summed E-state index contributed by atoms with van der Waals surface area (Å²) in [5, 5.41) is 6.19. The number of benzene rings is 1. The molecule has 2 atom stereocenters. The van der Waals surface area contributed by atoms with Gasteiger partial charge in [-0.1, -0.05) is 6.92 Å². The Bertz CT molecular complexity index is 620. The Morgan fingerprint density at radius 2 is 2.32 bits per heavy atom. The first-order chi connectivity index (χ1) is 9.13. The second kappa shape index (κ2) is 4.66. The van der Waals surface area contributed by atoms with E-state index in [2.05, 4.69) is 22.5 Å². The van der Waals surface area contributed by atoms with E-state index in [9.17, 15) is 4.79 Å². The van der Waals surface area contributed by atoms with Gasteiger partial charge in [-0.2, -0.15) is 0 Å². The van der Waals surface area contributed by atoms with E-state index in [1.54, 1.807) is 0 Å². The van der Waals surface area contributed by atoms with Crippen LogP contribution in [0.3, 0.4) is 0 Å². The minimum absolute atomic E-state index is 0.0368. The summed E-state index contributed by atoms with van der Waals surface area (Å²) in [7, 11) is 0. The SMILES string of the molecule is Cc1nc2cc(NC(=O)C3CNCC3C)ccc2o1. The molecule has 1 aliphatic rings. The second-order valence-electron chi connectivity index (χ2n) is 5.15. The Morgan fingerprint density at radius 3 is 3.05 bits per heavy atom. The summed E-state index contributed by atoms with van der Waals surface area (Å²) in [4.78, 5) is 16.4. The standard InChI is InChI=1S/C14H17N3O2/c1-8-6-15-7-11(8)14(18)17-10-3-4-13-12(5-10)16-9(2)19-13/h3-5,8,11,15H,6-7H2,1-2H3,(H,17,18). The highest BCUT2D eigenvalue weighted by molar-refractivity contribution is 5.94. The van der Waals surface area contributed by atoms with Crippen LogP contribution in [0.25, 0.3) is 11.1 Å². The highest BCUT2D eigenvalue weighted by Crippen LogP contribution is 2.22. The minimum atomic E-state index is 0.0368. The van der Waals surface area contributed by atoms with Crippen molar-refractivity contribution in [2.45, 2.75) is 13.8 Å². The largest absolute Gasteiger partial charge is 0.441 e. The molecule has 1 aromatic heterocycles. The molecule has 2 aromatic rings. The lowest BCUT2D eigenvalue weighted by molar-refractivity contribution is -0.120. The summed E-state index contributed by atoms with van der Waals surface area (Å²) < 4.78 is 5.41. The fourth-order valence-corrected chi connectivity index (χ4v) is 2.52. The number of amides is 1. The maximum absolute atomic E-state index is 12.2. The Balaban J connectivity index is 1.79. The van der Waals surface area contributed by atoms with Gasteiger partial charge in [-0.05, 0) is 30.7 Å². The van der Waals surface area contributed by atoms with Gasteiger partial charge in [0.2, 0.25) is 5.91 Å². The van der Waals surface area contributed by atoms with Crippen molar-refractivity contribution in [3.05, 3.63) is 24.1 Å². The highest BCUT2D eigenvalue weighted by atomic mass is 16.3. The van der Waals surface area contributed by atoms with Crippen LogP contribution in [-0.2, 0) is 4.79 Å². The molecular weight excluding hydrogens is 242 g/mol. The van der Waals surface area contributed by atoms with Gasteiger partial charge in [0.1, 0.15) is 5.52 Å². The summed E-state index contributed by atoms with van der Waals surface area (Å²) in [6.45, 7) is 5.55. The molecular formula is C14H17N3O2. The summed E-state index contributed by atoms with van der Waals surface area (Å²) in [6, 6.07) is 5.52. The van der Waals surface area contributed by atoms with E-state index in [0.29, 0.717) is 11.8 Å². The predicted octanol–water partition coefficient (Wildman–Crippen LogP) is 1.93. The van der Waals surface area contributed by atoms with Crippen molar-refractivity contribution >= 4 is 22.7 Å². The van der Waals surface area contributed by atoms with E-state index in [-0.39, 0.29) is 11.8 Å². The van der Waals surface area contributed by atoms with E-state index in [4.69, 9.17) is 4.42 Å². The molecule has 3 rings (SSSR count). The number of aromatic nitrogens is 1. The van der Waals surface area contributed by atoms with Crippen molar-refractivity contribution in [1.29, 1.82) is 0 Å². The first kappa shape index (κ1) is 12.2. The Morgan fingerprint density at radius 1 is 1.47 bits per heavy atom. The number of anilines is 1. The van der Waals surface area contributed by atoms with E-state index in [1.165, 1.54) is 0 Å². The molecule has 2 unspecified atom stereocenters. The molecule has 0 saturated carbocycles. The van der Waals surface area contributed by atoms with Crippen LogP contribution in [0.1, 0.15) is 12.8 Å². The molecule has 0 radical (unpaired) electrons. The second-order valence-corrected chi connectivity index (χ2v) is 5.15. The van der Waals surface area contributed by atoms with E-state index in [0.717, 1.165) is 29.9 Å². The molecule has 1 fully saturated rings. The van der Waals surface area contributed by atoms with Gasteiger partial charge in [0.05, 0.1) is 5.92 Å². The van der Waals surface area contributed by atoms with Gasteiger partial charge in [0.25, 0.3) is 0 Å². The number of fused-ring (bicyclic) bond motifs is 1. The smallest absolute Gasteiger partial charge is 0.229 e. The number of nitrogens with one attached hydrogen (secondary N) is 2. The highest BCUT2D eigenvalue weighted by Gasteiger charge is 2.29. The molecule has 1 saturated heterocycles. The maximum atomic E-state index is 12.2. The van der Waals surface area contributed by atoms with Crippen molar-refractivity contribution in [1.82, 2.24) is 10.3 Å². The molecule has 19 heavy (non-hydrogen) atoms. The molecule has 1 aliphatic heterocycles. The van der Waals surface area contributed by atoms with Crippen LogP contribution in [0.2, 0.25) is 0 Å². The molecule has 5 nitrogen and oxygen atoms in total. The Labute approximate surface area is 111 Å². The summed E-state index contributed by atoms with van der Waals surface area (Å²) >= 11 is 0. The zero-order valence-corrected chi connectivity index (χ0v) is 11.1. The molecule has 100 valence electrons. The van der Waals surface area contributed by atoms with Gasteiger partial charge in [-0.25, -0.2) is 4.98 Å². The first-order valence-corrected chi connectivity index (χ1v) is 6.52. The molecule has 0 aliphatic carbocycles.